The van der Waals surface area contributed by atoms with Crippen LogP contribution >= 0.6 is 0 Å². The minimum absolute atomic E-state index is 0.0252. The number of carbonyl (C=O) groups excluding carboxylic acids is 2. The van der Waals surface area contributed by atoms with Crippen molar-refractivity contribution in [2.75, 3.05) is 6.61 Å². The molecule has 0 heterocycles. The van der Waals surface area contributed by atoms with Gasteiger partial charge in [-0.15, -0.1) is 0 Å². The smallest absolute Gasteiger partial charge is 0.311 e. The topological polar surface area (TPSA) is 52.6 Å². The van der Waals surface area contributed by atoms with Crippen molar-refractivity contribution >= 4 is 22.7 Å². The first-order valence-electron chi connectivity index (χ1n) is 9.47. The number of rotatable bonds is 10. The molecule has 26 heavy (non-hydrogen) atoms. The SMILES string of the molecule is CCCCC(CC)COC(=O)CCC(=O)Oc1ccc2ccccc2c1. The fourth-order valence-corrected chi connectivity index (χ4v) is 2.80. The summed E-state index contributed by atoms with van der Waals surface area (Å²) >= 11 is 0. The van der Waals surface area contributed by atoms with Crippen LogP contribution in [0.15, 0.2) is 42.5 Å². The first-order valence-corrected chi connectivity index (χ1v) is 9.47. The Morgan fingerprint density at radius 2 is 1.69 bits per heavy atom. The molecule has 0 saturated heterocycles. The highest BCUT2D eigenvalue weighted by Gasteiger charge is 2.13. The van der Waals surface area contributed by atoms with E-state index in [0.29, 0.717) is 18.3 Å². The van der Waals surface area contributed by atoms with Crippen LogP contribution in [0.2, 0.25) is 0 Å². The van der Waals surface area contributed by atoms with Crippen molar-refractivity contribution in [3.05, 3.63) is 42.5 Å². The Morgan fingerprint density at radius 1 is 0.962 bits per heavy atom. The average Bonchev–Trinajstić information content (AvgIpc) is 2.66. The van der Waals surface area contributed by atoms with Gasteiger partial charge in [0, 0.05) is 0 Å². The second-order valence-electron chi connectivity index (χ2n) is 6.58. The van der Waals surface area contributed by atoms with Gasteiger partial charge in [0.25, 0.3) is 0 Å². The quantitative estimate of drug-likeness (QED) is 0.429. The number of ether oxygens (including phenoxy) is 2. The normalized spacial score (nSPS) is 11.9. The molecule has 140 valence electrons. The summed E-state index contributed by atoms with van der Waals surface area (Å²) in [5.74, 6) is 0.141. The first kappa shape index (κ1) is 20.0. The van der Waals surface area contributed by atoms with Crippen molar-refractivity contribution in [1.82, 2.24) is 0 Å². The number of carbonyl (C=O) groups is 2. The van der Waals surface area contributed by atoms with Gasteiger partial charge >= 0.3 is 11.9 Å². The van der Waals surface area contributed by atoms with E-state index in [9.17, 15) is 9.59 Å². The molecule has 2 aromatic rings. The Balaban J connectivity index is 1.74. The van der Waals surface area contributed by atoms with E-state index in [-0.39, 0.29) is 18.8 Å². The Bertz CT molecular complexity index is 723. The summed E-state index contributed by atoms with van der Waals surface area (Å²) in [5.41, 5.74) is 0. The van der Waals surface area contributed by atoms with Crippen molar-refractivity contribution in [1.29, 1.82) is 0 Å². The lowest BCUT2D eigenvalue weighted by molar-refractivity contribution is -0.148. The van der Waals surface area contributed by atoms with E-state index in [1.807, 2.05) is 36.4 Å². The van der Waals surface area contributed by atoms with Crippen molar-refractivity contribution < 1.29 is 19.1 Å². The van der Waals surface area contributed by atoms with Crippen molar-refractivity contribution in [3.63, 3.8) is 0 Å². The summed E-state index contributed by atoms with van der Waals surface area (Å²) in [6.45, 7) is 4.70. The zero-order chi connectivity index (χ0) is 18.8. The van der Waals surface area contributed by atoms with Crippen LogP contribution in [-0.4, -0.2) is 18.5 Å². The molecule has 0 aliphatic carbocycles. The largest absolute Gasteiger partial charge is 0.465 e. The summed E-state index contributed by atoms with van der Waals surface area (Å²) in [4.78, 5) is 23.8. The highest BCUT2D eigenvalue weighted by molar-refractivity contribution is 5.85. The maximum absolute atomic E-state index is 12.0. The molecule has 4 nitrogen and oxygen atoms in total. The third-order valence-corrected chi connectivity index (χ3v) is 4.51. The van der Waals surface area contributed by atoms with Crippen molar-refractivity contribution in [2.24, 2.45) is 5.92 Å². The molecule has 1 atom stereocenters. The molecule has 4 heteroatoms. The van der Waals surface area contributed by atoms with Crippen LogP contribution in [0, 0.1) is 5.92 Å². The number of hydrogen-bond donors (Lipinski definition) is 0. The molecule has 0 aliphatic rings. The fourth-order valence-electron chi connectivity index (χ4n) is 2.80. The monoisotopic (exact) mass is 356 g/mol. The van der Waals surface area contributed by atoms with Crippen LogP contribution in [0.4, 0.5) is 0 Å². The van der Waals surface area contributed by atoms with Gasteiger partial charge < -0.3 is 9.47 Å². The lowest BCUT2D eigenvalue weighted by atomic mass is 10.0. The third kappa shape index (κ3) is 6.51. The highest BCUT2D eigenvalue weighted by Crippen LogP contribution is 2.21. The van der Waals surface area contributed by atoms with Crippen LogP contribution in [-0.2, 0) is 14.3 Å². The number of hydrogen-bond acceptors (Lipinski definition) is 4. The molecule has 0 saturated carbocycles. The summed E-state index contributed by atoms with van der Waals surface area (Å²) in [6.07, 6.45) is 4.44. The minimum atomic E-state index is -0.421. The Morgan fingerprint density at radius 3 is 2.42 bits per heavy atom. The lowest BCUT2D eigenvalue weighted by Gasteiger charge is -2.14. The van der Waals surface area contributed by atoms with Crippen LogP contribution in [0.5, 0.6) is 5.75 Å². The highest BCUT2D eigenvalue weighted by atomic mass is 16.5. The molecule has 0 aromatic heterocycles. The summed E-state index contributed by atoms with van der Waals surface area (Å²) in [5, 5.41) is 2.10. The molecule has 2 rings (SSSR count). The Hall–Kier alpha value is -2.36. The standard InChI is InChI=1S/C22H28O4/c1-3-5-8-17(4-2)16-25-21(23)13-14-22(24)26-20-12-11-18-9-6-7-10-19(18)15-20/h6-7,9-12,15,17H,3-5,8,13-14,16H2,1-2H3. The molecule has 0 fully saturated rings. The molecule has 0 N–H and O–H groups in total. The van der Waals surface area contributed by atoms with Crippen molar-refractivity contribution in [2.45, 2.75) is 52.4 Å². The van der Waals surface area contributed by atoms with Gasteiger partial charge in [0.2, 0.25) is 0 Å². The zero-order valence-electron chi connectivity index (χ0n) is 15.7. The molecule has 0 spiro atoms. The first-order chi connectivity index (χ1) is 12.6. The number of unbranched alkanes of at least 4 members (excludes halogenated alkanes) is 1. The zero-order valence-corrected chi connectivity index (χ0v) is 15.7. The minimum Gasteiger partial charge on any atom is -0.465 e. The molecule has 0 aliphatic heterocycles. The predicted molar refractivity (Wildman–Crippen MR) is 103 cm³/mol. The second-order valence-corrected chi connectivity index (χ2v) is 6.58. The summed E-state index contributed by atoms with van der Waals surface area (Å²) < 4.78 is 10.6. The van der Waals surface area contributed by atoms with Gasteiger partial charge in [-0.05, 0) is 35.2 Å². The predicted octanol–water partition coefficient (Wildman–Crippen LogP) is 5.29. The van der Waals surface area contributed by atoms with Gasteiger partial charge in [0.15, 0.2) is 0 Å². The van der Waals surface area contributed by atoms with Crippen LogP contribution in [0.25, 0.3) is 10.8 Å². The molecular weight excluding hydrogens is 328 g/mol. The van der Waals surface area contributed by atoms with E-state index >= 15 is 0 Å². The molecule has 0 amide bonds. The van der Waals surface area contributed by atoms with E-state index < -0.39 is 5.97 Å². The summed E-state index contributed by atoms with van der Waals surface area (Å²) in [6, 6.07) is 13.4. The Labute approximate surface area is 155 Å². The molecule has 0 bridgehead atoms. The van der Waals surface area contributed by atoms with Crippen molar-refractivity contribution in [3.8, 4) is 5.75 Å². The lowest BCUT2D eigenvalue weighted by Crippen LogP contribution is -2.16. The molecule has 2 aromatic carbocycles. The van der Waals surface area contributed by atoms with E-state index in [2.05, 4.69) is 13.8 Å². The average molecular weight is 356 g/mol. The van der Waals surface area contributed by atoms with Crippen LogP contribution in [0.3, 0.4) is 0 Å². The number of benzene rings is 2. The molecule has 1 unspecified atom stereocenters. The Kier molecular flexibility index (Phi) is 8.13. The van der Waals surface area contributed by atoms with Gasteiger partial charge in [0.05, 0.1) is 19.4 Å². The molecule has 0 radical (unpaired) electrons. The fraction of sp³-hybridized carbons (Fsp3) is 0.455. The maximum atomic E-state index is 12.0. The van der Waals surface area contributed by atoms with Gasteiger partial charge in [-0.2, -0.15) is 0 Å². The van der Waals surface area contributed by atoms with Gasteiger partial charge in [-0.25, -0.2) is 0 Å². The third-order valence-electron chi connectivity index (χ3n) is 4.51. The van der Waals surface area contributed by atoms with E-state index in [0.717, 1.165) is 36.5 Å². The van der Waals surface area contributed by atoms with E-state index in [1.165, 1.54) is 0 Å². The van der Waals surface area contributed by atoms with E-state index in [1.54, 1.807) is 6.07 Å². The maximum Gasteiger partial charge on any atom is 0.311 e. The second kappa shape index (κ2) is 10.6. The van der Waals surface area contributed by atoms with E-state index in [4.69, 9.17) is 9.47 Å². The van der Waals surface area contributed by atoms with Gasteiger partial charge in [-0.1, -0.05) is 63.4 Å². The number of esters is 2. The van der Waals surface area contributed by atoms with Crippen LogP contribution < -0.4 is 4.74 Å². The summed E-state index contributed by atoms with van der Waals surface area (Å²) in [7, 11) is 0. The number of fused-ring (bicyclic) bond motifs is 1. The van der Waals surface area contributed by atoms with Gasteiger partial charge in [-0.3, -0.25) is 9.59 Å². The van der Waals surface area contributed by atoms with Gasteiger partial charge in [0.1, 0.15) is 5.75 Å². The molecular formula is C22H28O4. The van der Waals surface area contributed by atoms with Crippen LogP contribution in [0.1, 0.15) is 52.4 Å².